The van der Waals surface area contributed by atoms with Crippen LogP contribution in [0.4, 0.5) is 15.9 Å². The van der Waals surface area contributed by atoms with Gasteiger partial charge in [0.2, 0.25) is 0 Å². The fraction of sp³-hybridized carbons (Fsp3) is 0.200. The van der Waals surface area contributed by atoms with Crippen LogP contribution in [-0.2, 0) is 0 Å². The van der Waals surface area contributed by atoms with Crippen LogP contribution in [0.2, 0.25) is 0 Å². The fourth-order valence-electron chi connectivity index (χ4n) is 1.90. The summed E-state index contributed by atoms with van der Waals surface area (Å²) < 4.78 is 13.7. The second kappa shape index (κ2) is 6.14. The number of pyridine rings is 1. The fourth-order valence-corrected chi connectivity index (χ4v) is 1.90. The molecule has 0 saturated heterocycles. The molecule has 0 unspecified atom stereocenters. The molecule has 0 radical (unpaired) electrons. The van der Waals surface area contributed by atoms with Crippen molar-refractivity contribution in [1.82, 2.24) is 4.98 Å². The van der Waals surface area contributed by atoms with Gasteiger partial charge in [-0.15, -0.1) is 0 Å². The molecule has 1 aromatic carbocycles. The maximum Gasteiger partial charge on any atom is 0.261 e. The molecule has 20 heavy (non-hydrogen) atoms. The average Bonchev–Trinajstić information content (AvgIpc) is 2.47. The van der Waals surface area contributed by atoms with E-state index in [2.05, 4.69) is 10.3 Å². The summed E-state index contributed by atoms with van der Waals surface area (Å²) in [5.74, 6) is -0.236. The van der Waals surface area contributed by atoms with Gasteiger partial charge < -0.3 is 10.2 Å². The molecule has 0 fully saturated rings. The number of rotatable bonds is 4. The highest BCUT2D eigenvalue weighted by Gasteiger charge is 2.19. The van der Waals surface area contributed by atoms with Gasteiger partial charge in [0, 0.05) is 19.8 Å². The summed E-state index contributed by atoms with van der Waals surface area (Å²) in [5.41, 5.74) is 0.656. The number of hydrogen-bond donors (Lipinski definition) is 1. The van der Waals surface area contributed by atoms with Gasteiger partial charge in [-0.05, 0) is 31.2 Å². The third kappa shape index (κ3) is 2.77. The molecule has 1 aromatic heterocycles. The van der Waals surface area contributed by atoms with Gasteiger partial charge in [0.25, 0.3) is 5.91 Å². The lowest BCUT2D eigenvalue weighted by molar-refractivity contribution is 0.0992. The standard InChI is InChI=1S/C15H16FN3O/c1-3-17-14-11(7-6-10-18-14)15(20)19(2)13-9-5-4-8-12(13)16/h4-10H,3H2,1-2H3,(H,17,18). The van der Waals surface area contributed by atoms with Crippen LogP contribution in [0.1, 0.15) is 17.3 Å². The van der Waals surface area contributed by atoms with Crippen molar-refractivity contribution < 1.29 is 9.18 Å². The summed E-state index contributed by atoms with van der Waals surface area (Å²) in [6.45, 7) is 2.57. The van der Waals surface area contributed by atoms with Crippen LogP contribution in [0.5, 0.6) is 0 Å². The minimum atomic E-state index is -0.433. The van der Waals surface area contributed by atoms with Crippen LogP contribution in [0.25, 0.3) is 0 Å². The van der Waals surface area contributed by atoms with Crippen LogP contribution in [0, 0.1) is 5.82 Å². The zero-order chi connectivity index (χ0) is 14.5. The van der Waals surface area contributed by atoms with E-state index in [4.69, 9.17) is 0 Å². The number of carbonyl (C=O) groups is 1. The Morgan fingerprint density at radius 2 is 2.05 bits per heavy atom. The number of carbonyl (C=O) groups excluding carboxylic acids is 1. The second-order valence-corrected chi connectivity index (χ2v) is 4.25. The molecule has 2 rings (SSSR count). The molecule has 0 aliphatic heterocycles. The van der Waals surface area contributed by atoms with E-state index >= 15 is 0 Å². The first-order chi connectivity index (χ1) is 9.65. The van der Waals surface area contributed by atoms with Gasteiger partial charge in [0.1, 0.15) is 11.6 Å². The minimum absolute atomic E-state index is 0.240. The topological polar surface area (TPSA) is 45.2 Å². The van der Waals surface area contributed by atoms with E-state index in [0.29, 0.717) is 17.9 Å². The molecule has 1 heterocycles. The van der Waals surface area contributed by atoms with Gasteiger partial charge in [0.15, 0.2) is 0 Å². The second-order valence-electron chi connectivity index (χ2n) is 4.25. The van der Waals surface area contributed by atoms with E-state index in [1.165, 1.54) is 11.0 Å². The highest BCUT2D eigenvalue weighted by Crippen LogP contribution is 2.21. The van der Waals surface area contributed by atoms with E-state index in [0.717, 1.165) is 0 Å². The summed E-state index contributed by atoms with van der Waals surface area (Å²) in [5, 5.41) is 3.03. The first-order valence-corrected chi connectivity index (χ1v) is 6.36. The number of anilines is 2. The Morgan fingerprint density at radius 3 is 2.75 bits per heavy atom. The van der Waals surface area contributed by atoms with E-state index in [9.17, 15) is 9.18 Å². The van der Waals surface area contributed by atoms with Crippen LogP contribution < -0.4 is 10.2 Å². The molecule has 2 aromatic rings. The number of nitrogens with one attached hydrogen (secondary N) is 1. The number of benzene rings is 1. The molecule has 1 N–H and O–H groups in total. The van der Waals surface area contributed by atoms with E-state index in [1.54, 1.807) is 43.6 Å². The summed E-state index contributed by atoms with van der Waals surface area (Å²) in [6.07, 6.45) is 1.61. The Kier molecular flexibility index (Phi) is 4.30. The summed E-state index contributed by atoms with van der Waals surface area (Å²) in [4.78, 5) is 17.9. The molecular formula is C15H16FN3O. The molecule has 0 bridgehead atoms. The summed E-state index contributed by atoms with van der Waals surface area (Å²) in [6, 6.07) is 9.53. The quantitative estimate of drug-likeness (QED) is 0.931. The molecule has 0 atom stereocenters. The highest BCUT2D eigenvalue weighted by molar-refractivity contribution is 6.08. The Labute approximate surface area is 117 Å². The van der Waals surface area contributed by atoms with E-state index < -0.39 is 5.82 Å². The molecule has 104 valence electrons. The number of hydrogen-bond acceptors (Lipinski definition) is 3. The maximum atomic E-state index is 13.7. The lowest BCUT2D eigenvalue weighted by Gasteiger charge is -2.19. The van der Waals surface area contributed by atoms with Gasteiger partial charge >= 0.3 is 0 Å². The van der Waals surface area contributed by atoms with Crippen molar-refractivity contribution in [2.24, 2.45) is 0 Å². The predicted octanol–water partition coefficient (Wildman–Crippen LogP) is 2.93. The summed E-state index contributed by atoms with van der Waals surface area (Å²) in [7, 11) is 1.55. The van der Waals surface area contributed by atoms with E-state index in [1.807, 2.05) is 6.92 Å². The number of aromatic nitrogens is 1. The van der Waals surface area contributed by atoms with Crippen molar-refractivity contribution in [3.8, 4) is 0 Å². The van der Waals surface area contributed by atoms with Crippen molar-refractivity contribution in [2.45, 2.75) is 6.92 Å². The predicted molar refractivity (Wildman–Crippen MR) is 77.5 cm³/mol. The Morgan fingerprint density at radius 1 is 1.30 bits per heavy atom. The number of amides is 1. The van der Waals surface area contributed by atoms with Crippen LogP contribution >= 0.6 is 0 Å². The zero-order valence-corrected chi connectivity index (χ0v) is 11.4. The van der Waals surface area contributed by atoms with E-state index in [-0.39, 0.29) is 11.6 Å². The van der Waals surface area contributed by atoms with Gasteiger partial charge in [-0.3, -0.25) is 4.79 Å². The molecule has 0 saturated carbocycles. The molecule has 1 amide bonds. The van der Waals surface area contributed by atoms with Crippen LogP contribution in [-0.4, -0.2) is 24.5 Å². The van der Waals surface area contributed by atoms with Gasteiger partial charge in [-0.25, -0.2) is 9.37 Å². The lowest BCUT2D eigenvalue weighted by Crippen LogP contribution is -2.28. The molecular weight excluding hydrogens is 257 g/mol. The third-order valence-corrected chi connectivity index (χ3v) is 2.90. The van der Waals surface area contributed by atoms with Crippen molar-refractivity contribution in [1.29, 1.82) is 0 Å². The van der Waals surface area contributed by atoms with Gasteiger partial charge in [-0.2, -0.15) is 0 Å². The lowest BCUT2D eigenvalue weighted by atomic mass is 10.2. The van der Waals surface area contributed by atoms with Gasteiger partial charge in [0.05, 0.1) is 11.3 Å². The monoisotopic (exact) mass is 273 g/mol. The molecule has 4 nitrogen and oxygen atoms in total. The summed E-state index contributed by atoms with van der Waals surface area (Å²) >= 11 is 0. The SMILES string of the molecule is CCNc1ncccc1C(=O)N(C)c1ccccc1F. The van der Waals surface area contributed by atoms with Crippen LogP contribution in [0.15, 0.2) is 42.6 Å². The molecule has 0 spiro atoms. The Hall–Kier alpha value is -2.43. The van der Waals surface area contributed by atoms with Crippen molar-refractivity contribution in [3.63, 3.8) is 0 Å². The van der Waals surface area contributed by atoms with Crippen molar-refractivity contribution in [3.05, 3.63) is 54.0 Å². The number of para-hydroxylation sites is 1. The van der Waals surface area contributed by atoms with Crippen molar-refractivity contribution in [2.75, 3.05) is 23.8 Å². The van der Waals surface area contributed by atoms with Crippen LogP contribution in [0.3, 0.4) is 0 Å². The minimum Gasteiger partial charge on any atom is -0.370 e. The Balaban J connectivity index is 2.34. The normalized spacial score (nSPS) is 10.2. The average molecular weight is 273 g/mol. The maximum absolute atomic E-state index is 13.7. The molecule has 0 aliphatic rings. The molecule has 0 aliphatic carbocycles. The third-order valence-electron chi connectivity index (χ3n) is 2.90. The van der Waals surface area contributed by atoms with Crippen molar-refractivity contribution >= 4 is 17.4 Å². The first-order valence-electron chi connectivity index (χ1n) is 6.36. The smallest absolute Gasteiger partial charge is 0.261 e. The molecule has 5 heteroatoms. The van der Waals surface area contributed by atoms with Gasteiger partial charge in [-0.1, -0.05) is 12.1 Å². The first kappa shape index (κ1) is 14.0. The zero-order valence-electron chi connectivity index (χ0n) is 11.4. The number of nitrogens with zero attached hydrogens (tertiary/aromatic N) is 2. The largest absolute Gasteiger partial charge is 0.370 e. The highest BCUT2D eigenvalue weighted by atomic mass is 19.1. The Bertz CT molecular complexity index is 616. The number of halogens is 1.